The highest BCUT2D eigenvalue weighted by Gasteiger charge is 2.21. The molecule has 140 valence electrons. The van der Waals surface area contributed by atoms with Crippen LogP contribution in [-0.2, 0) is 0 Å². The molecule has 3 rings (SSSR count). The van der Waals surface area contributed by atoms with Gasteiger partial charge in [-0.2, -0.15) is 0 Å². The second kappa shape index (κ2) is 6.54. The van der Waals surface area contributed by atoms with Crippen LogP contribution in [0.25, 0.3) is 22.3 Å². The Kier molecular flexibility index (Phi) is 4.52. The summed E-state index contributed by atoms with van der Waals surface area (Å²) in [6.07, 6.45) is 0. The van der Waals surface area contributed by atoms with Gasteiger partial charge in [-0.15, -0.1) is 0 Å². The van der Waals surface area contributed by atoms with Gasteiger partial charge in [0.25, 0.3) is 0 Å². The van der Waals surface area contributed by atoms with Crippen LogP contribution in [0.2, 0.25) is 0 Å². The van der Waals surface area contributed by atoms with E-state index in [1.807, 2.05) is 19.9 Å². The largest absolute Gasteiger partial charge is 0.508 e. The Hall–Kier alpha value is -3.14. The molecular formula is C23H24O4. The molecular weight excluding hydrogens is 340 g/mol. The topological polar surface area (TPSA) is 80.9 Å². The van der Waals surface area contributed by atoms with E-state index in [0.717, 1.165) is 16.7 Å². The van der Waals surface area contributed by atoms with E-state index in [4.69, 9.17) is 0 Å². The van der Waals surface area contributed by atoms with E-state index in [1.54, 1.807) is 45.0 Å². The summed E-state index contributed by atoms with van der Waals surface area (Å²) in [5.74, 6) is 0.363. The molecule has 4 heteroatoms. The molecule has 0 aliphatic heterocycles. The third-order valence-corrected chi connectivity index (χ3v) is 5.11. The number of hydrogen-bond acceptors (Lipinski definition) is 4. The third-order valence-electron chi connectivity index (χ3n) is 5.11. The van der Waals surface area contributed by atoms with Crippen molar-refractivity contribution in [2.24, 2.45) is 0 Å². The highest BCUT2D eigenvalue weighted by atomic mass is 16.3. The zero-order valence-electron chi connectivity index (χ0n) is 16.2. The van der Waals surface area contributed by atoms with Crippen molar-refractivity contribution in [2.45, 2.75) is 34.6 Å². The quantitative estimate of drug-likeness (QED) is 0.492. The molecule has 4 N–H and O–H groups in total. The number of hydrogen-bond donors (Lipinski definition) is 4. The first-order chi connectivity index (χ1) is 12.6. The lowest BCUT2D eigenvalue weighted by Crippen LogP contribution is -1.94. The summed E-state index contributed by atoms with van der Waals surface area (Å²) in [5, 5.41) is 41.7. The number of rotatable bonds is 2. The van der Waals surface area contributed by atoms with E-state index >= 15 is 0 Å². The van der Waals surface area contributed by atoms with Gasteiger partial charge in [-0.1, -0.05) is 0 Å². The molecule has 0 heterocycles. The highest BCUT2D eigenvalue weighted by molar-refractivity contribution is 5.89. The molecule has 0 radical (unpaired) electrons. The van der Waals surface area contributed by atoms with Crippen LogP contribution in [0.1, 0.15) is 27.8 Å². The smallest absolute Gasteiger partial charge is 0.134 e. The summed E-state index contributed by atoms with van der Waals surface area (Å²) >= 11 is 0. The molecule has 0 amide bonds. The number of aromatic hydroxyl groups is 4. The van der Waals surface area contributed by atoms with Gasteiger partial charge in [0.15, 0.2) is 0 Å². The molecule has 0 fully saturated rings. The van der Waals surface area contributed by atoms with Gasteiger partial charge in [0, 0.05) is 5.56 Å². The van der Waals surface area contributed by atoms with Gasteiger partial charge in [0.05, 0.1) is 5.56 Å². The van der Waals surface area contributed by atoms with Crippen LogP contribution in [0.15, 0.2) is 30.3 Å². The van der Waals surface area contributed by atoms with Crippen LogP contribution < -0.4 is 0 Å². The molecule has 0 aliphatic rings. The van der Waals surface area contributed by atoms with Crippen LogP contribution in [0.3, 0.4) is 0 Å². The standard InChI is InChI=1S/C23H24O4/c1-11-9-19(24)13(3)6-16(11)18-8-15(5)22(26)21(23(18)27)17-7-14(4)20(25)10-12(17)2/h6-10,24-27H,1-5H3. The average molecular weight is 364 g/mol. The van der Waals surface area contributed by atoms with E-state index in [-0.39, 0.29) is 23.0 Å². The van der Waals surface area contributed by atoms with Gasteiger partial charge < -0.3 is 20.4 Å². The fourth-order valence-corrected chi connectivity index (χ4v) is 3.42. The maximum atomic E-state index is 11.1. The lowest BCUT2D eigenvalue weighted by atomic mass is 9.89. The summed E-state index contributed by atoms with van der Waals surface area (Å²) < 4.78 is 0. The minimum atomic E-state index is -0.0283. The summed E-state index contributed by atoms with van der Waals surface area (Å²) in [5.41, 5.74) is 5.96. The van der Waals surface area contributed by atoms with Gasteiger partial charge in [-0.25, -0.2) is 0 Å². The molecule has 0 unspecified atom stereocenters. The Morgan fingerprint density at radius 1 is 0.444 bits per heavy atom. The zero-order valence-corrected chi connectivity index (χ0v) is 16.2. The maximum Gasteiger partial charge on any atom is 0.134 e. The van der Waals surface area contributed by atoms with Gasteiger partial charge in [0.1, 0.15) is 23.0 Å². The third kappa shape index (κ3) is 3.08. The van der Waals surface area contributed by atoms with Crippen LogP contribution >= 0.6 is 0 Å². The molecule has 3 aromatic carbocycles. The Morgan fingerprint density at radius 2 is 0.889 bits per heavy atom. The monoisotopic (exact) mass is 364 g/mol. The summed E-state index contributed by atoms with van der Waals surface area (Å²) in [6, 6.07) is 8.63. The number of benzene rings is 3. The summed E-state index contributed by atoms with van der Waals surface area (Å²) in [4.78, 5) is 0. The second-order valence-corrected chi connectivity index (χ2v) is 7.22. The Labute approximate surface area is 159 Å². The molecule has 0 saturated heterocycles. The van der Waals surface area contributed by atoms with Crippen LogP contribution in [0, 0.1) is 34.6 Å². The van der Waals surface area contributed by atoms with E-state index in [1.165, 1.54) is 0 Å². The predicted molar refractivity (Wildman–Crippen MR) is 108 cm³/mol. The van der Waals surface area contributed by atoms with Crippen molar-refractivity contribution in [3.63, 3.8) is 0 Å². The van der Waals surface area contributed by atoms with Crippen molar-refractivity contribution < 1.29 is 20.4 Å². The average Bonchev–Trinajstić information content (AvgIpc) is 2.59. The molecule has 0 saturated carbocycles. The van der Waals surface area contributed by atoms with E-state index in [9.17, 15) is 20.4 Å². The normalized spacial score (nSPS) is 11.0. The van der Waals surface area contributed by atoms with Crippen molar-refractivity contribution in [3.8, 4) is 45.3 Å². The van der Waals surface area contributed by atoms with Crippen molar-refractivity contribution in [1.29, 1.82) is 0 Å². The fraction of sp³-hybridized carbons (Fsp3) is 0.217. The second-order valence-electron chi connectivity index (χ2n) is 7.22. The Bertz CT molecular complexity index is 1060. The lowest BCUT2D eigenvalue weighted by molar-refractivity contribution is 0.452. The van der Waals surface area contributed by atoms with Crippen LogP contribution in [-0.4, -0.2) is 20.4 Å². The molecule has 0 atom stereocenters. The summed E-state index contributed by atoms with van der Waals surface area (Å²) in [7, 11) is 0. The highest BCUT2D eigenvalue weighted by Crippen LogP contribution is 2.48. The van der Waals surface area contributed by atoms with Crippen molar-refractivity contribution in [1.82, 2.24) is 0 Å². The van der Waals surface area contributed by atoms with E-state index < -0.39 is 0 Å². The predicted octanol–water partition coefficient (Wildman–Crippen LogP) is 5.39. The van der Waals surface area contributed by atoms with Crippen molar-refractivity contribution >= 4 is 0 Å². The van der Waals surface area contributed by atoms with Crippen molar-refractivity contribution in [2.75, 3.05) is 0 Å². The first-order valence-corrected chi connectivity index (χ1v) is 8.78. The van der Waals surface area contributed by atoms with Crippen LogP contribution in [0.4, 0.5) is 0 Å². The number of aryl methyl sites for hydroxylation is 5. The first kappa shape index (κ1) is 18.6. The van der Waals surface area contributed by atoms with Gasteiger partial charge >= 0.3 is 0 Å². The molecule has 0 aromatic heterocycles. The first-order valence-electron chi connectivity index (χ1n) is 8.78. The number of phenolic OH excluding ortho intramolecular Hbond substituents is 4. The maximum absolute atomic E-state index is 11.1. The van der Waals surface area contributed by atoms with E-state index in [0.29, 0.717) is 33.4 Å². The SMILES string of the molecule is Cc1cc(-c2cc(C)c(O)c(-c3cc(C)c(O)cc3C)c2O)c(C)cc1O. The van der Waals surface area contributed by atoms with Crippen LogP contribution in [0.5, 0.6) is 23.0 Å². The molecule has 4 nitrogen and oxygen atoms in total. The molecule has 0 spiro atoms. The lowest BCUT2D eigenvalue weighted by Gasteiger charge is -2.18. The molecule has 0 bridgehead atoms. The molecule has 3 aromatic rings. The van der Waals surface area contributed by atoms with Gasteiger partial charge in [0.2, 0.25) is 0 Å². The minimum absolute atomic E-state index is 0.0117. The fourth-order valence-electron chi connectivity index (χ4n) is 3.42. The van der Waals surface area contributed by atoms with Gasteiger partial charge in [-0.05, 0) is 104 Å². The molecule has 27 heavy (non-hydrogen) atoms. The molecule has 0 aliphatic carbocycles. The van der Waals surface area contributed by atoms with E-state index in [2.05, 4.69) is 0 Å². The minimum Gasteiger partial charge on any atom is -0.508 e. The van der Waals surface area contributed by atoms with Gasteiger partial charge in [-0.3, -0.25) is 0 Å². The zero-order chi connectivity index (χ0) is 20.0. The Balaban J connectivity index is 2.37. The number of phenols is 4. The van der Waals surface area contributed by atoms with Crippen molar-refractivity contribution in [3.05, 3.63) is 58.1 Å². The Morgan fingerprint density at radius 3 is 1.44 bits per heavy atom. The summed E-state index contributed by atoms with van der Waals surface area (Å²) in [6.45, 7) is 9.05.